The molecule has 0 saturated carbocycles. The molecule has 0 aliphatic carbocycles. The van der Waals surface area contributed by atoms with Crippen LogP contribution >= 0.6 is 50.2 Å². The van der Waals surface area contributed by atoms with Crippen LogP contribution in [0.15, 0.2) is 27.4 Å². The van der Waals surface area contributed by atoms with Gasteiger partial charge in [-0.2, -0.15) is 0 Å². The lowest BCUT2D eigenvalue weighted by Crippen LogP contribution is -1.97. The normalized spacial score (nSPS) is 13.0. The van der Waals surface area contributed by atoms with Crippen LogP contribution in [0.4, 0.5) is 0 Å². The van der Waals surface area contributed by atoms with E-state index < -0.39 is 6.10 Å². The van der Waals surface area contributed by atoms with E-state index in [1.54, 1.807) is 11.3 Å². The summed E-state index contributed by atoms with van der Waals surface area (Å²) in [5.41, 5.74) is 0. The van der Waals surface area contributed by atoms with Crippen molar-refractivity contribution in [2.24, 2.45) is 0 Å². The average Bonchev–Trinajstić information content (AvgIpc) is 2.75. The summed E-state index contributed by atoms with van der Waals surface area (Å²) >= 11 is 12.3. The zero-order valence-electron chi connectivity index (χ0n) is 7.61. The third kappa shape index (κ3) is 3.04. The first kappa shape index (κ1) is 11.6. The highest BCUT2D eigenvalue weighted by molar-refractivity contribution is 9.11. The Balaban J connectivity index is 2.06. The van der Waals surface area contributed by atoms with Gasteiger partial charge in [0.2, 0.25) is 0 Å². The predicted octanol–water partition coefficient (Wildman–Crippen LogP) is 4.50. The van der Waals surface area contributed by atoms with Gasteiger partial charge in [0.05, 0.1) is 14.9 Å². The van der Waals surface area contributed by atoms with Gasteiger partial charge in [-0.1, -0.05) is 11.6 Å². The maximum atomic E-state index is 9.94. The molecule has 0 bridgehead atoms. The van der Waals surface area contributed by atoms with Crippen LogP contribution < -0.4 is 0 Å². The highest BCUT2D eigenvalue weighted by atomic mass is 79.9. The van der Waals surface area contributed by atoms with Crippen LogP contribution in [0.2, 0.25) is 5.02 Å². The lowest BCUT2D eigenvalue weighted by atomic mass is 10.2. The molecule has 1 nitrogen and oxygen atoms in total. The zero-order valence-corrected chi connectivity index (χ0v) is 11.6. The van der Waals surface area contributed by atoms with E-state index in [1.807, 2.05) is 23.6 Å². The minimum atomic E-state index is -0.451. The first-order chi connectivity index (χ1) is 7.15. The summed E-state index contributed by atoms with van der Waals surface area (Å²) in [6.45, 7) is 0. The van der Waals surface area contributed by atoms with Gasteiger partial charge in [0.15, 0.2) is 0 Å². The minimum Gasteiger partial charge on any atom is -0.387 e. The van der Waals surface area contributed by atoms with Crippen LogP contribution in [0.5, 0.6) is 0 Å². The number of halogens is 2. The summed E-state index contributed by atoms with van der Waals surface area (Å²) in [6.07, 6.45) is 0.195. The SMILES string of the molecule is OC(Cc1ccc(Br)s1)c1cc(Cl)cs1. The maximum absolute atomic E-state index is 9.94. The molecule has 1 atom stereocenters. The fourth-order valence-electron chi connectivity index (χ4n) is 1.26. The van der Waals surface area contributed by atoms with Gasteiger partial charge in [-0.15, -0.1) is 22.7 Å². The van der Waals surface area contributed by atoms with Gasteiger partial charge >= 0.3 is 0 Å². The van der Waals surface area contributed by atoms with E-state index in [2.05, 4.69) is 15.9 Å². The van der Waals surface area contributed by atoms with Crippen molar-refractivity contribution in [3.8, 4) is 0 Å². The molecule has 2 aromatic heterocycles. The van der Waals surface area contributed by atoms with Gasteiger partial charge in [0, 0.05) is 21.6 Å². The van der Waals surface area contributed by atoms with Crippen molar-refractivity contribution in [3.05, 3.63) is 42.1 Å². The van der Waals surface area contributed by atoms with Gasteiger partial charge in [-0.05, 0) is 34.1 Å². The number of hydrogen-bond acceptors (Lipinski definition) is 3. The van der Waals surface area contributed by atoms with E-state index in [9.17, 15) is 5.11 Å². The van der Waals surface area contributed by atoms with Gasteiger partial charge in [0.1, 0.15) is 0 Å². The molecule has 0 saturated heterocycles. The molecule has 0 amide bonds. The van der Waals surface area contributed by atoms with Crippen molar-refractivity contribution >= 4 is 50.2 Å². The molecule has 2 rings (SSSR count). The van der Waals surface area contributed by atoms with Crippen LogP contribution in [0.25, 0.3) is 0 Å². The molecule has 2 heterocycles. The fourth-order valence-corrected chi connectivity index (χ4v) is 3.84. The Kier molecular flexibility index (Phi) is 3.85. The third-order valence-corrected chi connectivity index (χ3v) is 4.97. The second-order valence-corrected chi connectivity index (χ2v) is 7.02. The van der Waals surface area contributed by atoms with Crippen LogP contribution in [-0.4, -0.2) is 5.11 Å². The topological polar surface area (TPSA) is 20.2 Å². The third-order valence-electron chi connectivity index (χ3n) is 1.94. The first-order valence-electron chi connectivity index (χ1n) is 4.31. The van der Waals surface area contributed by atoms with Crippen LogP contribution in [0, 0.1) is 0 Å². The highest BCUT2D eigenvalue weighted by Gasteiger charge is 2.12. The van der Waals surface area contributed by atoms with Crippen molar-refractivity contribution in [3.63, 3.8) is 0 Å². The van der Waals surface area contributed by atoms with Gasteiger partial charge in [-0.3, -0.25) is 0 Å². The lowest BCUT2D eigenvalue weighted by Gasteiger charge is -2.05. The predicted molar refractivity (Wildman–Crippen MR) is 70.0 cm³/mol. The molecule has 0 aliphatic rings. The standard InChI is InChI=1S/C10H8BrClOS2/c11-10-2-1-7(15-10)4-8(13)9-3-6(12)5-14-9/h1-3,5,8,13H,4H2. The second-order valence-electron chi connectivity index (χ2n) is 3.09. The van der Waals surface area contributed by atoms with E-state index in [4.69, 9.17) is 11.6 Å². The maximum Gasteiger partial charge on any atom is 0.0930 e. The molecule has 1 unspecified atom stereocenters. The van der Waals surface area contributed by atoms with Gasteiger partial charge in [0.25, 0.3) is 0 Å². The van der Waals surface area contributed by atoms with Crippen LogP contribution in [-0.2, 0) is 6.42 Å². The molecule has 0 spiro atoms. The molecule has 2 aromatic rings. The number of thiophene rings is 2. The first-order valence-corrected chi connectivity index (χ1v) is 7.18. The number of hydrogen-bond donors (Lipinski definition) is 1. The molecule has 5 heteroatoms. The van der Waals surface area contributed by atoms with Crippen molar-refractivity contribution in [1.82, 2.24) is 0 Å². The van der Waals surface area contributed by atoms with E-state index in [0.29, 0.717) is 11.4 Å². The Labute approximate surface area is 109 Å². The Morgan fingerprint density at radius 1 is 1.47 bits per heavy atom. The summed E-state index contributed by atoms with van der Waals surface area (Å²) in [7, 11) is 0. The van der Waals surface area contributed by atoms with E-state index in [1.165, 1.54) is 16.2 Å². The molecule has 0 aliphatic heterocycles. The van der Waals surface area contributed by atoms with Crippen LogP contribution in [0.3, 0.4) is 0 Å². The van der Waals surface area contributed by atoms with E-state index >= 15 is 0 Å². The molecule has 80 valence electrons. The fraction of sp³-hybridized carbons (Fsp3) is 0.200. The van der Waals surface area contributed by atoms with Gasteiger partial charge in [-0.25, -0.2) is 0 Å². The molecular weight excluding hydrogens is 316 g/mol. The lowest BCUT2D eigenvalue weighted by molar-refractivity contribution is 0.183. The van der Waals surface area contributed by atoms with Crippen molar-refractivity contribution in [2.75, 3.05) is 0 Å². The molecule has 1 N–H and O–H groups in total. The van der Waals surface area contributed by atoms with Gasteiger partial charge < -0.3 is 5.11 Å². The Hall–Kier alpha value is 0.130. The Bertz CT molecular complexity index is 452. The Morgan fingerprint density at radius 3 is 2.80 bits per heavy atom. The van der Waals surface area contributed by atoms with E-state index in [-0.39, 0.29) is 0 Å². The zero-order chi connectivity index (χ0) is 10.8. The minimum absolute atomic E-state index is 0.451. The summed E-state index contributed by atoms with van der Waals surface area (Å²) < 4.78 is 1.09. The molecule has 0 radical (unpaired) electrons. The van der Waals surface area contributed by atoms with Crippen molar-refractivity contribution in [2.45, 2.75) is 12.5 Å². The van der Waals surface area contributed by atoms with Crippen molar-refractivity contribution < 1.29 is 5.11 Å². The summed E-state index contributed by atoms with van der Waals surface area (Å²) in [6, 6.07) is 5.83. The Morgan fingerprint density at radius 2 is 2.27 bits per heavy atom. The monoisotopic (exact) mass is 322 g/mol. The highest BCUT2D eigenvalue weighted by Crippen LogP contribution is 2.30. The number of rotatable bonds is 3. The second kappa shape index (κ2) is 4.97. The molecule has 0 aromatic carbocycles. The number of aliphatic hydroxyl groups is 1. The average molecular weight is 324 g/mol. The summed E-state index contributed by atoms with van der Waals surface area (Å²) in [4.78, 5) is 2.09. The molecular formula is C10H8BrClOS2. The van der Waals surface area contributed by atoms with E-state index in [0.717, 1.165) is 8.66 Å². The molecule has 0 fully saturated rings. The smallest absolute Gasteiger partial charge is 0.0930 e. The summed E-state index contributed by atoms with van der Waals surface area (Å²) in [5.74, 6) is 0. The largest absolute Gasteiger partial charge is 0.387 e. The quantitative estimate of drug-likeness (QED) is 0.881. The molecule has 15 heavy (non-hydrogen) atoms. The van der Waals surface area contributed by atoms with Crippen molar-refractivity contribution in [1.29, 1.82) is 0 Å². The number of aliphatic hydroxyl groups excluding tert-OH is 1. The summed E-state index contributed by atoms with van der Waals surface area (Å²) in [5, 5.41) is 12.5. The van der Waals surface area contributed by atoms with Crippen LogP contribution in [0.1, 0.15) is 15.9 Å².